The summed E-state index contributed by atoms with van der Waals surface area (Å²) >= 11 is 0. The molecule has 0 spiro atoms. The minimum Gasteiger partial charge on any atom is -0.379 e. The molecule has 0 bridgehead atoms. The zero-order valence-corrected chi connectivity index (χ0v) is 21.3. The summed E-state index contributed by atoms with van der Waals surface area (Å²) in [7, 11) is 0. The largest absolute Gasteiger partial charge is 0.379 e. The molecular formula is C28H35N7O2. The highest BCUT2D eigenvalue weighted by Crippen LogP contribution is 2.29. The lowest BCUT2D eigenvalue weighted by Gasteiger charge is -2.36. The van der Waals surface area contributed by atoms with Gasteiger partial charge in [-0.15, -0.1) is 0 Å². The molecule has 2 aromatic rings. The third kappa shape index (κ3) is 6.25. The average molecular weight is 502 g/mol. The van der Waals surface area contributed by atoms with Crippen LogP contribution in [-0.4, -0.2) is 96.1 Å². The number of morpholine rings is 1. The molecule has 4 heterocycles. The maximum absolute atomic E-state index is 11.9. The smallest absolute Gasteiger partial charge is 0.246 e. The lowest BCUT2D eigenvalue weighted by molar-refractivity contribution is -0.127. The van der Waals surface area contributed by atoms with Crippen molar-refractivity contribution in [3.8, 4) is 0 Å². The second-order valence-corrected chi connectivity index (χ2v) is 9.53. The van der Waals surface area contributed by atoms with E-state index in [0.717, 1.165) is 94.9 Å². The average Bonchev–Trinajstić information content (AvgIpc) is 2.94. The Morgan fingerprint density at radius 2 is 1.76 bits per heavy atom. The highest BCUT2D eigenvalue weighted by molar-refractivity contribution is 5.87. The zero-order chi connectivity index (χ0) is 25.6. The molecule has 3 aliphatic rings. The van der Waals surface area contributed by atoms with Gasteiger partial charge in [0.15, 0.2) is 0 Å². The number of carbonyl (C=O) groups excluding carboxylic acids is 1. The summed E-state index contributed by atoms with van der Waals surface area (Å²) in [6.45, 7) is 17.1. The first-order valence-electron chi connectivity index (χ1n) is 12.9. The Morgan fingerprint density at radius 1 is 1.00 bits per heavy atom. The third-order valence-electron chi connectivity index (χ3n) is 7.07. The van der Waals surface area contributed by atoms with E-state index in [-0.39, 0.29) is 5.91 Å². The standard InChI is InChI=1S/C28H35N7O2/c1-3-26(36)34-13-10-32(11-14-34)12-15-35-22(2)4-7-24-20-29-28(31-27(24)35)30-25-8-5-23(6-9-25)21-33-16-18-37-19-17-33/h3-9,20H,1-2,10-19,21H2,(H,29,30,31). The molecule has 9 heteroatoms. The van der Waals surface area contributed by atoms with Gasteiger partial charge >= 0.3 is 0 Å². The highest BCUT2D eigenvalue weighted by atomic mass is 16.5. The number of hydrogen-bond acceptors (Lipinski definition) is 8. The summed E-state index contributed by atoms with van der Waals surface area (Å²) in [6, 6.07) is 8.45. The van der Waals surface area contributed by atoms with E-state index in [4.69, 9.17) is 9.72 Å². The molecule has 3 aliphatic heterocycles. The van der Waals surface area contributed by atoms with Crippen molar-refractivity contribution in [1.29, 1.82) is 0 Å². The number of allylic oxidation sites excluding steroid dienone is 1. The SMILES string of the molecule is C=CC(=O)N1CCN(CCN2C(=C)C=Cc3cnc(Nc4ccc(CN5CCOCC5)cc4)nc32)CC1. The zero-order valence-electron chi connectivity index (χ0n) is 21.3. The van der Waals surface area contributed by atoms with Crippen LogP contribution in [0, 0.1) is 0 Å². The molecule has 37 heavy (non-hydrogen) atoms. The number of ether oxygens (including phenoxy) is 1. The lowest BCUT2D eigenvalue weighted by Crippen LogP contribution is -2.50. The Labute approximate surface area is 218 Å². The van der Waals surface area contributed by atoms with E-state index < -0.39 is 0 Å². The molecule has 5 rings (SSSR count). The minimum atomic E-state index is 0.00611. The maximum atomic E-state index is 11.9. The predicted molar refractivity (Wildman–Crippen MR) is 147 cm³/mol. The van der Waals surface area contributed by atoms with Gasteiger partial charge in [-0.25, -0.2) is 4.98 Å². The molecule has 2 fully saturated rings. The summed E-state index contributed by atoms with van der Waals surface area (Å²) in [5.41, 5.74) is 4.11. The lowest BCUT2D eigenvalue weighted by atomic mass is 10.1. The minimum absolute atomic E-state index is 0.00611. The Hall–Kier alpha value is -3.53. The quantitative estimate of drug-likeness (QED) is 0.554. The van der Waals surface area contributed by atoms with E-state index in [9.17, 15) is 4.79 Å². The molecule has 1 amide bonds. The number of rotatable bonds is 8. The van der Waals surface area contributed by atoms with E-state index >= 15 is 0 Å². The number of nitrogens with zero attached hydrogens (tertiary/aromatic N) is 6. The number of nitrogens with one attached hydrogen (secondary N) is 1. The summed E-state index contributed by atoms with van der Waals surface area (Å²) in [5.74, 6) is 1.42. The number of carbonyl (C=O) groups is 1. The summed E-state index contributed by atoms with van der Waals surface area (Å²) in [5, 5.41) is 3.35. The van der Waals surface area contributed by atoms with E-state index in [1.54, 1.807) is 0 Å². The van der Waals surface area contributed by atoms with Gasteiger partial charge in [-0.3, -0.25) is 14.6 Å². The Balaban J connectivity index is 1.20. The number of aromatic nitrogens is 2. The van der Waals surface area contributed by atoms with Crippen LogP contribution in [0.4, 0.5) is 17.5 Å². The molecule has 194 valence electrons. The Morgan fingerprint density at radius 3 is 2.49 bits per heavy atom. The van der Waals surface area contributed by atoms with Crippen LogP contribution >= 0.6 is 0 Å². The van der Waals surface area contributed by atoms with Crippen molar-refractivity contribution in [2.24, 2.45) is 0 Å². The number of benzene rings is 1. The van der Waals surface area contributed by atoms with Crippen LogP contribution in [0.2, 0.25) is 0 Å². The molecule has 0 aliphatic carbocycles. The maximum Gasteiger partial charge on any atom is 0.246 e. The summed E-state index contributed by atoms with van der Waals surface area (Å²) in [6.07, 6.45) is 7.26. The van der Waals surface area contributed by atoms with Gasteiger partial charge in [0, 0.05) is 82.0 Å². The topological polar surface area (TPSA) is 77.1 Å². The first-order valence-corrected chi connectivity index (χ1v) is 12.9. The summed E-state index contributed by atoms with van der Waals surface area (Å²) < 4.78 is 5.44. The van der Waals surface area contributed by atoms with Gasteiger partial charge < -0.3 is 19.9 Å². The van der Waals surface area contributed by atoms with Gasteiger partial charge in [0.05, 0.1) is 13.2 Å². The monoisotopic (exact) mass is 501 g/mol. The van der Waals surface area contributed by atoms with Crippen molar-refractivity contribution in [2.75, 3.05) is 75.8 Å². The number of hydrogen-bond donors (Lipinski definition) is 1. The molecule has 0 atom stereocenters. The van der Waals surface area contributed by atoms with Crippen LogP contribution in [0.5, 0.6) is 0 Å². The number of anilines is 3. The van der Waals surface area contributed by atoms with Crippen molar-refractivity contribution >= 4 is 29.4 Å². The first kappa shape index (κ1) is 25.1. The van der Waals surface area contributed by atoms with Crippen LogP contribution in [0.15, 0.2) is 61.5 Å². The number of fused-ring (bicyclic) bond motifs is 1. The van der Waals surface area contributed by atoms with Gasteiger partial charge in [0.1, 0.15) is 5.82 Å². The molecule has 2 saturated heterocycles. The second kappa shape index (κ2) is 11.7. The van der Waals surface area contributed by atoms with Crippen molar-refractivity contribution in [3.63, 3.8) is 0 Å². The number of amides is 1. The van der Waals surface area contributed by atoms with Crippen LogP contribution in [0.3, 0.4) is 0 Å². The molecule has 0 saturated carbocycles. The van der Waals surface area contributed by atoms with Gasteiger partial charge in [0.2, 0.25) is 11.9 Å². The normalized spacial score (nSPS) is 18.5. The van der Waals surface area contributed by atoms with Crippen LogP contribution < -0.4 is 10.2 Å². The van der Waals surface area contributed by atoms with Crippen molar-refractivity contribution in [1.82, 2.24) is 24.7 Å². The Bertz CT molecular complexity index is 1150. The molecule has 1 N–H and O–H groups in total. The van der Waals surface area contributed by atoms with Gasteiger partial charge in [0.25, 0.3) is 0 Å². The van der Waals surface area contributed by atoms with Gasteiger partial charge in [-0.1, -0.05) is 25.3 Å². The molecule has 1 aromatic carbocycles. The van der Waals surface area contributed by atoms with Crippen LogP contribution in [0.25, 0.3) is 6.08 Å². The predicted octanol–water partition coefficient (Wildman–Crippen LogP) is 2.73. The van der Waals surface area contributed by atoms with Gasteiger partial charge in [-0.05, 0) is 35.9 Å². The van der Waals surface area contributed by atoms with E-state index in [2.05, 4.69) is 62.4 Å². The van der Waals surface area contributed by atoms with E-state index in [0.29, 0.717) is 5.95 Å². The number of piperazine rings is 1. The van der Waals surface area contributed by atoms with Gasteiger partial charge in [-0.2, -0.15) is 4.98 Å². The molecule has 1 aromatic heterocycles. The van der Waals surface area contributed by atoms with E-state index in [1.165, 1.54) is 11.6 Å². The molecule has 0 radical (unpaired) electrons. The third-order valence-corrected chi connectivity index (χ3v) is 7.07. The fraction of sp³-hybridized carbons (Fsp3) is 0.393. The fourth-order valence-corrected chi connectivity index (χ4v) is 4.84. The van der Waals surface area contributed by atoms with Crippen LogP contribution in [-0.2, 0) is 16.1 Å². The van der Waals surface area contributed by atoms with Crippen molar-refractivity contribution in [3.05, 3.63) is 72.6 Å². The first-order chi connectivity index (χ1) is 18.1. The van der Waals surface area contributed by atoms with Crippen molar-refractivity contribution < 1.29 is 9.53 Å². The van der Waals surface area contributed by atoms with Crippen LogP contribution in [0.1, 0.15) is 11.1 Å². The van der Waals surface area contributed by atoms with E-state index in [1.807, 2.05) is 23.2 Å². The Kier molecular flexibility index (Phi) is 7.93. The fourth-order valence-electron chi connectivity index (χ4n) is 4.84. The molecule has 9 nitrogen and oxygen atoms in total. The summed E-state index contributed by atoms with van der Waals surface area (Å²) in [4.78, 5) is 30.0. The highest BCUT2D eigenvalue weighted by Gasteiger charge is 2.23. The molecule has 0 unspecified atom stereocenters. The second-order valence-electron chi connectivity index (χ2n) is 9.53. The molecular weight excluding hydrogens is 466 g/mol. The van der Waals surface area contributed by atoms with Crippen molar-refractivity contribution in [2.45, 2.75) is 6.54 Å².